The molecule has 3 aromatic heterocycles. The first kappa shape index (κ1) is 18.0. The third-order valence-corrected chi connectivity index (χ3v) is 4.18. The second kappa shape index (κ2) is 6.63. The summed E-state index contributed by atoms with van der Waals surface area (Å²) in [7, 11) is 0. The molecule has 4 rings (SSSR count). The fourth-order valence-electron chi connectivity index (χ4n) is 2.90. The Bertz CT molecular complexity index is 1190. The van der Waals surface area contributed by atoms with Gasteiger partial charge in [-0.05, 0) is 53.6 Å². The van der Waals surface area contributed by atoms with Crippen molar-refractivity contribution in [3.63, 3.8) is 0 Å². The molecule has 0 radical (unpaired) electrons. The van der Waals surface area contributed by atoms with Gasteiger partial charge in [0.1, 0.15) is 23.0 Å². The summed E-state index contributed by atoms with van der Waals surface area (Å²) in [5, 5.41) is 0.356. The highest BCUT2D eigenvalue weighted by molar-refractivity contribution is 5.93. The fourth-order valence-corrected chi connectivity index (χ4v) is 2.90. The molecule has 140 valence electrons. The lowest BCUT2D eigenvalue weighted by Crippen LogP contribution is -2.08. The zero-order valence-corrected chi connectivity index (χ0v) is 14.0. The zero-order valence-electron chi connectivity index (χ0n) is 14.0. The quantitative estimate of drug-likeness (QED) is 0.417. The molecule has 0 aliphatic rings. The summed E-state index contributed by atoms with van der Waals surface area (Å²) < 4.78 is 67.0. The van der Waals surface area contributed by atoms with Crippen molar-refractivity contribution >= 4 is 11.0 Å². The van der Waals surface area contributed by atoms with Gasteiger partial charge < -0.3 is 0 Å². The van der Waals surface area contributed by atoms with Gasteiger partial charge in [-0.25, -0.2) is 18.7 Å². The Morgan fingerprint density at radius 3 is 2.32 bits per heavy atom. The van der Waals surface area contributed by atoms with Crippen LogP contribution in [0.2, 0.25) is 0 Å². The van der Waals surface area contributed by atoms with Crippen LogP contribution in [0.15, 0.2) is 60.9 Å². The number of aromatic nitrogens is 3. The van der Waals surface area contributed by atoms with Crippen molar-refractivity contribution in [3.05, 3.63) is 78.3 Å². The van der Waals surface area contributed by atoms with Crippen molar-refractivity contribution in [1.29, 1.82) is 0 Å². The summed E-state index contributed by atoms with van der Waals surface area (Å²) in [5.74, 6) is -1.35. The Hall–Kier alpha value is -3.42. The van der Waals surface area contributed by atoms with E-state index in [1.54, 1.807) is 6.07 Å². The molecule has 0 aliphatic carbocycles. The normalized spacial score (nSPS) is 11.8. The maximum atomic E-state index is 14.3. The van der Waals surface area contributed by atoms with Crippen molar-refractivity contribution < 1.29 is 22.0 Å². The molecule has 0 aliphatic heterocycles. The lowest BCUT2D eigenvalue weighted by atomic mass is 9.99. The van der Waals surface area contributed by atoms with Crippen molar-refractivity contribution in [2.45, 2.75) is 6.18 Å². The molecule has 3 heterocycles. The summed E-state index contributed by atoms with van der Waals surface area (Å²) in [6, 6.07) is 10.2. The number of rotatable bonds is 2. The first-order chi connectivity index (χ1) is 13.3. The molecule has 0 amide bonds. The third-order valence-electron chi connectivity index (χ3n) is 4.18. The Morgan fingerprint density at radius 1 is 0.750 bits per heavy atom. The lowest BCUT2D eigenvalue weighted by molar-refractivity contribution is -0.141. The number of benzene rings is 1. The van der Waals surface area contributed by atoms with E-state index in [9.17, 15) is 22.0 Å². The van der Waals surface area contributed by atoms with Gasteiger partial charge in [-0.2, -0.15) is 13.2 Å². The Morgan fingerprint density at radius 2 is 1.57 bits per heavy atom. The SMILES string of the molecule is Fc1ccc(-c2ccnc3nc(C(F)(F)F)ccc23)cc1-c1ncccc1F. The van der Waals surface area contributed by atoms with Crippen LogP contribution in [-0.2, 0) is 6.18 Å². The van der Waals surface area contributed by atoms with Crippen LogP contribution in [0.3, 0.4) is 0 Å². The first-order valence-electron chi connectivity index (χ1n) is 8.08. The zero-order chi connectivity index (χ0) is 19.9. The maximum Gasteiger partial charge on any atom is 0.433 e. The van der Waals surface area contributed by atoms with Gasteiger partial charge in [0.2, 0.25) is 0 Å². The molecule has 4 aromatic rings. The largest absolute Gasteiger partial charge is 0.433 e. The molecule has 0 N–H and O–H groups in total. The smallest absolute Gasteiger partial charge is 0.253 e. The van der Waals surface area contributed by atoms with E-state index in [-0.39, 0.29) is 16.9 Å². The molecule has 28 heavy (non-hydrogen) atoms. The minimum Gasteiger partial charge on any atom is -0.253 e. The number of alkyl halides is 3. The average molecular weight is 387 g/mol. The number of hydrogen-bond donors (Lipinski definition) is 0. The van der Waals surface area contributed by atoms with E-state index in [0.29, 0.717) is 16.5 Å². The molecule has 0 spiro atoms. The number of halogens is 5. The van der Waals surface area contributed by atoms with Crippen LogP contribution in [-0.4, -0.2) is 15.0 Å². The Labute approximate surface area is 155 Å². The van der Waals surface area contributed by atoms with Crippen molar-refractivity contribution in [2.75, 3.05) is 0 Å². The highest BCUT2D eigenvalue weighted by Crippen LogP contribution is 2.34. The number of nitrogens with zero attached hydrogens (tertiary/aromatic N) is 3. The van der Waals surface area contributed by atoms with Crippen molar-refractivity contribution in [3.8, 4) is 22.4 Å². The standard InChI is InChI=1S/C20H10F5N3/c21-15-5-3-11(10-14(15)18-16(22)2-1-8-26-18)12-7-9-27-19-13(12)4-6-17(28-19)20(23,24)25/h1-10H. The molecule has 8 heteroatoms. The van der Waals surface area contributed by atoms with E-state index in [4.69, 9.17) is 0 Å². The van der Waals surface area contributed by atoms with E-state index in [2.05, 4.69) is 15.0 Å². The monoisotopic (exact) mass is 387 g/mol. The second-order valence-corrected chi connectivity index (χ2v) is 5.95. The van der Waals surface area contributed by atoms with E-state index in [1.165, 1.54) is 42.7 Å². The lowest BCUT2D eigenvalue weighted by Gasteiger charge is -2.11. The van der Waals surface area contributed by atoms with Crippen molar-refractivity contribution in [2.24, 2.45) is 0 Å². The number of pyridine rings is 3. The summed E-state index contributed by atoms with van der Waals surface area (Å²) in [4.78, 5) is 11.3. The highest BCUT2D eigenvalue weighted by atomic mass is 19.4. The fraction of sp³-hybridized carbons (Fsp3) is 0.0500. The number of fused-ring (bicyclic) bond motifs is 1. The molecule has 0 saturated heterocycles. The van der Waals surface area contributed by atoms with Gasteiger partial charge in [-0.1, -0.05) is 6.07 Å². The summed E-state index contributed by atoms with van der Waals surface area (Å²) >= 11 is 0. The van der Waals surface area contributed by atoms with Gasteiger partial charge in [0.05, 0.1) is 0 Å². The summed E-state index contributed by atoms with van der Waals surface area (Å²) in [5.41, 5.74) is -0.403. The minimum absolute atomic E-state index is 0.0552. The molecular weight excluding hydrogens is 377 g/mol. The molecule has 0 fully saturated rings. The van der Waals surface area contributed by atoms with Gasteiger partial charge in [0.25, 0.3) is 0 Å². The Balaban J connectivity index is 1.89. The molecule has 0 bridgehead atoms. The predicted octanol–water partition coefficient (Wildman–Crippen LogP) is 5.66. The molecule has 0 atom stereocenters. The molecule has 1 aromatic carbocycles. The van der Waals surface area contributed by atoms with Crippen LogP contribution in [0.25, 0.3) is 33.4 Å². The van der Waals surface area contributed by atoms with Crippen LogP contribution >= 0.6 is 0 Å². The molecular formula is C20H10F5N3. The third kappa shape index (κ3) is 3.17. The van der Waals surface area contributed by atoms with Gasteiger partial charge in [0.15, 0.2) is 5.65 Å². The Kier molecular flexibility index (Phi) is 4.26. The summed E-state index contributed by atoms with van der Waals surface area (Å²) in [6.45, 7) is 0. The van der Waals surface area contributed by atoms with Crippen molar-refractivity contribution in [1.82, 2.24) is 15.0 Å². The van der Waals surface area contributed by atoms with Gasteiger partial charge in [-0.15, -0.1) is 0 Å². The summed E-state index contributed by atoms with van der Waals surface area (Å²) in [6.07, 6.45) is -1.93. The molecule has 0 saturated carbocycles. The number of hydrogen-bond acceptors (Lipinski definition) is 3. The molecule has 3 nitrogen and oxygen atoms in total. The maximum absolute atomic E-state index is 14.3. The average Bonchev–Trinajstić information content (AvgIpc) is 2.67. The van der Waals surface area contributed by atoms with Crippen LogP contribution in [0.5, 0.6) is 0 Å². The topological polar surface area (TPSA) is 38.7 Å². The van der Waals surface area contributed by atoms with Crippen LogP contribution in [0.4, 0.5) is 22.0 Å². The van der Waals surface area contributed by atoms with Gasteiger partial charge in [0, 0.05) is 23.3 Å². The minimum atomic E-state index is -4.59. The van der Waals surface area contributed by atoms with E-state index in [1.807, 2.05) is 0 Å². The van der Waals surface area contributed by atoms with Gasteiger partial charge >= 0.3 is 6.18 Å². The van der Waals surface area contributed by atoms with Gasteiger partial charge in [-0.3, -0.25) is 4.98 Å². The highest BCUT2D eigenvalue weighted by Gasteiger charge is 2.32. The van der Waals surface area contributed by atoms with Crippen LogP contribution in [0.1, 0.15) is 5.69 Å². The van der Waals surface area contributed by atoms with Crippen LogP contribution in [0, 0.1) is 11.6 Å². The van der Waals surface area contributed by atoms with E-state index >= 15 is 0 Å². The second-order valence-electron chi connectivity index (χ2n) is 5.95. The molecule has 0 unspecified atom stereocenters. The van der Waals surface area contributed by atoms with E-state index < -0.39 is 23.5 Å². The van der Waals surface area contributed by atoms with Crippen LogP contribution < -0.4 is 0 Å². The van der Waals surface area contributed by atoms with E-state index in [0.717, 1.165) is 12.1 Å². The predicted molar refractivity (Wildman–Crippen MR) is 93.1 cm³/mol. The first-order valence-corrected chi connectivity index (χ1v) is 8.08.